The summed E-state index contributed by atoms with van der Waals surface area (Å²) in [5.41, 5.74) is 2.19. The second-order valence-electron chi connectivity index (χ2n) is 3.75. The minimum atomic E-state index is 0.594. The molecule has 2 aromatic carbocycles. The number of hydrogen-bond acceptors (Lipinski definition) is 3. The van der Waals surface area contributed by atoms with Gasteiger partial charge in [0.25, 0.3) is 0 Å². The van der Waals surface area contributed by atoms with Crippen molar-refractivity contribution in [1.82, 2.24) is 0 Å². The Morgan fingerprint density at radius 3 is 2.53 bits per heavy atom. The molecule has 1 N–H and O–H groups in total. The van der Waals surface area contributed by atoms with Crippen molar-refractivity contribution in [2.75, 3.05) is 12.4 Å². The summed E-state index contributed by atoms with van der Waals surface area (Å²) >= 11 is 6.90. The van der Waals surface area contributed by atoms with Crippen molar-refractivity contribution < 1.29 is 4.74 Å². The molecule has 0 saturated carbocycles. The van der Waals surface area contributed by atoms with E-state index in [1.54, 1.807) is 13.2 Å². The average Bonchev–Trinajstić information content (AvgIpc) is 2.42. The molecule has 0 atom stereocenters. The van der Waals surface area contributed by atoms with Crippen LogP contribution in [-0.4, -0.2) is 7.11 Å². The van der Waals surface area contributed by atoms with Crippen LogP contribution in [0.4, 0.5) is 11.4 Å². The van der Waals surface area contributed by atoms with Crippen LogP contribution in [0.2, 0.25) is 0 Å². The number of hydrogen-bond donors (Lipinski definition) is 1. The molecule has 96 valence electrons. The maximum atomic E-state index is 9.08. The van der Waals surface area contributed by atoms with Gasteiger partial charge in [-0.25, -0.2) is 0 Å². The van der Waals surface area contributed by atoms with Gasteiger partial charge in [-0.1, -0.05) is 12.1 Å². The highest BCUT2D eigenvalue weighted by molar-refractivity contribution is 9.11. The van der Waals surface area contributed by atoms with Crippen LogP contribution in [0.1, 0.15) is 5.56 Å². The van der Waals surface area contributed by atoms with Gasteiger partial charge in [-0.3, -0.25) is 0 Å². The minimum Gasteiger partial charge on any atom is -0.495 e. The molecule has 0 aliphatic carbocycles. The number of nitrogens with zero attached hydrogens (tertiary/aromatic N) is 1. The summed E-state index contributed by atoms with van der Waals surface area (Å²) in [6.45, 7) is 0. The third-order valence-corrected chi connectivity index (χ3v) is 3.83. The molecule has 0 amide bonds. The summed E-state index contributed by atoms with van der Waals surface area (Å²) in [7, 11) is 1.61. The molecule has 0 aliphatic rings. The molecule has 3 nitrogen and oxygen atoms in total. The summed E-state index contributed by atoms with van der Waals surface area (Å²) in [5, 5.41) is 12.3. The zero-order valence-electron chi connectivity index (χ0n) is 10.1. The predicted molar refractivity (Wildman–Crippen MR) is 82.8 cm³/mol. The van der Waals surface area contributed by atoms with E-state index in [2.05, 4.69) is 43.2 Å². The highest BCUT2D eigenvalue weighted by Gasteiger charge is 2.09. The van der Waals surface area contributed by atoms with Gasteiger partial charge in [0.2, 0.25) is 0 Å². The zero-order chi connectivity index (χ0) is 13.8. The molecule has 0 heterocycles. The molecule has 5 heteroatoms. The molecule has 0 bridgehead atoms. The largest absolute Gasteiger partial charge is 0.495 e. The first kappa shape index (κ1) is 13.9. The van der Waals surface area contributed by atoms with E-state index in [1.165, 1.54) is 0 Å². The van der Waals surface area contributed by atoms with Crippen molar-refractivity contribution in [3.05, 3.63) is 50.9 Å². The highest BCUT2D eigenvalue weighted by Crippen LogP contribution is 2.36. The topological polar surface area (TPSA) is 45.0 Å². The molecule has 0 saturated heterocycles. The Morgan fingerprint density at radius 1 is 1.11 bits per heavy atom. The van der Waals surface area contributed by atoms with Crippen molar-refractivity contribution in [2.24, 2.45) is 0 Å². The maximum absolute atomic E-state index is 9.08. The lowest BCUT2D eigenvalue weighted by molar-refractivity contribution is 0.412. The number of halogens is 2. The summed E-state index contributed by atoms with van der Waals surface area (Å²) in [6.07, 6.45) is 0. The SMILES string of the molecule is COc1cc(Nc2ccccc2C#N)c(Br)cc1Br. The fraction of sp³-hybridized carbons (Fsp3) is 0.0714. The highest BCUT2D eigenvalue weighted by atomic mass is 79.9. The summed E-state index contributed by atoms with van der Waals surface area (Å²) in [6, 6.07) is 13.3. The van der Waals surface area contributed by atoms with Crippen LogP contribution in [0.5, 0.6) is 5.75 Å². The lowest BCUT2D eigenvalue weighted by Gasteiger charge is -2.12. The molecule has 0 aliphatic heterocycles. The number of methoxy groups -OCH3 is 1. The Balaban J connectivity index is 2.41. The van der Waals surface area contributed by atoms with Crippen molar-refractivity contribution in [1.29, 1.82) is 5.26 Å². The minimum absolute atomic E-state index is 0.594. The second kappa shape index (κ2) is 6.09. The van der Waals surface area contributed by atoms with Crippen LogP contribution >= 0.6 is 31.9 Å². The average molecular weight is 382 g/mol. The van der Waals surface area contributed by atoms with Crippen LogP contribution in [0.15, 0.2) is 45.3 Å². The summed E-state index contributed by atoms with van der Waals surface area (Å²) in [4.78, 5) is 0. The number of ether oxygens (including phenoxy) is 1. The van der Waals surface area contributed by atoms with E-state index in [9.17, 15) is 0 Å². The van der Waals surface area contributed by atoms with Gasteiger partial charge in [-0.15, -0.1) is 0 Å². The van der Waals surface area contributed by atoms with Gasteiger partial charge in [0.15, 0.2) is 0 Å². The normalized spacial score (nSPS) is 9.79. The van der Waals surface area contributed by atoms with E-state index in [-0.39, 0.29) is 0 Å². The first-order chi connectivity index (χ1) is 9.15. The predicted octanol–water partition coefficient (Wildman–Crippen LogP) is 4.84. The number of rotatable bonds is 3. The molecule has 0 fully saturated rings. The van der Waals surface area contributed by atoms with Crippen LogP contribution in [0.25, 0.3) is 0 Å². The number of nitrogens with one attached hydrogen (secondary N) is 1. The number of benzene rings is 2. The van der Waals surface area contributed by atoms with E-state index < -0.39 is 0 Å². The van der Waals surface area contributed by atoms with E-state index >= 15 is 0 Å². The second-order valence-corrected chi connectivity index (χ2v) is 5.46. The van der Waals surface area contributed by atoms with Crippen LogP contribution in [0, 0.1) is 11.3 Å². The smallest absolute Gasteiger partial charge is 0.135 e. The van der Waals surface area contributed by atoms with Gasteiger partial charge in [0.05, 0.1) is 28.5 Å². The van der Waals surface area contributed by atoms with E-state index in [0.29, 0.717) is 5.56 Å². The Labute approximate surface area is 128 Å². The Morgan fingerprint density at radius 2 is 1.84 bits per heavy atom. The van der Waals surface area contributed by atoms with Crippen LogP contribution in [-0.2, 0) is 0 Å². The van der Waals surface area contributed by atoms with E-state index in [1.807, 2.05) is 30.3 Å². The zero-order valence-corrected chi connectivity index (χ0v) is 13.2. The fourth-order valence-electron chi connectivity index (χ4n) is 1.62. The van der Waals surface area contributed by atoms with Gasteiger partial charge in [0.1, 0.15) is 11.8 Å². The molecule has 0 aromatic heterocycles. The van der Waals surface area contributed by atoms with Gasteiger partial charge >= 0.3 is 0 Å². The third kappa shape index (κ3) is 3.09. The fourth-order valence-corrected chi connectivity index (χ4v) is 2.87. The van der Waals surface area contributed by atoms with Crippen molar-refractivity contribution in [3.63, 3.8) is 0 Å². The monoisotopic (exact) mass is 380 g/mol. The summed E-state index contributed by atoms with van der Waals surface area (Å²) < 4.78 is 7.01. The Hall–Kier alpha value is -1.51. The first-order valence-electron chi connectivity index (χ1n) is 5.45. The standard InChI is InChI=1S/C14H10Br2N2O/c1-19-14-7-13(10(15)6-11(14)16)18-12-5-3-2-4-9(12)8-17/h2-7,18H,1H3. The van der Waals surface area contributed by atoms with Gasteiger partial charge in [0, 0.05) is 10.5 Å². The summed E-state index contributed by atoms with van der Waals surface area (Å²) in [5.74, 6) is 0.722. The van der Waals surface area contributed by atoms with E-state index in [0.717, 1.165) is 26.1 Å². The lowest BCUT2D eigenvalue weighted by Crippen LogP contribution is -1.95. The molecule has 0 unspecified atom stereocenters. The molecule has 2 rings (SSSR count). The Bertz CT molecular complexity index is 650. The number of para-hydroxylation sites is 1. The molecule has 0 spiro atoms. The Kier molecular flexibility index (Phi) is 4.46. The number of anilines is 2. The van der Waals surface area contributed by atoms with Gasteiger partial charge in [-0.2, -0.15) is 5.26 Å². The van der Waals surface area contributed by atoms with Crippen LogP contribution in [0.3, 0.4) is 0 Å². The quantitative estimate of drug-likeness (QED) is 0.827. The molecule has 19 heavy (non-hydrogen) atoms. The first-order valence-corrected chi connectivity index (χ1v) is 7.03. The molecular weight excluding hydrogens is 372 g/mol. The maximum Gasteiger partial charge on any atom is 0.135 e. The molecule has 0 radical (unpaired) electrons. The van der Waals surface area contributed by atoms with Crippen molar-refractivity contribution >= 4 is 43.2 Å². The lowest BCUT2D eigenvalue weighted by atomic mass is 10.2. The van der Waals surface area contributed by atoms with Gasteiger partial charge in [-0.05, 0) is 50.1 Å². The van der Waals surface area contributed by atoms with Crippen LogP contribution < -0.4 is 10.1 Å². The third-order valence-electron chi connectivity index (χ3n) is 2.56. The van der Waals surface area contributed by atoms with Crippen molar-refractivity contribution in [2.45, 2.75) is 0 Å². The van der Waals surface area contributed by atoms with E-state index in [4.69, 9.17) is 10.00 Å². The van der Waals surface area contributed by atoms with Crippen molar-refractivity contribution in [3.8, 4) is 11.8 Å². The molecular formula is C14H10Br2N2O. The molecule has 2 aromatic rings. The van der Waals surface area contributed by atoms with Gasteiger partial charge < -0.3 is 10.1 Å². The number of nitriles is 1.